The van der Waals surface area contributed by atoms with Crippen molar-refractivity contribution in [1.29, 1.82) is 0 Å². The second-order valence-electron chi connectivity index (χ2n) is 4.94. The van der Waals surface area contributed by atoms with Crippen LogP contribution in [0.4, 0.5) is 23.3 Å². The lowest BCUT2D eigenvalue weighted by Crippen LogP contribution is -2.13. The minimum atomic E-state index is -3.78. The third kappa shape index (κ3) is 4.34. The molecule has 1 heterocycles. The molecule has 128 valence electrons. The fraction of sp³-hybridized carbons (Fsp3) is 0. The quantitative estimate of drug-likeness (QED) is 0.625. The van der Waals surface area contributed by atoms with Crippen molar-refractivity contribution in [3.05, 3.63) is 59.9 Å². The first-order chi connectivity index (χ1) is 11.9. The Morgan fingerprint density at radius 2 is 1.76 bits per heavy atom. The summed E-state index contributed by atoms with van der Waals surface area (Å²) in [5.41, 5.74) is 6.35. The van der Waals surface area contributed by atoms with Gasteiger partial charge in [0, 0.05) is 10.7 Å². The largest absolute Gasteiger partial charge is 0.368 e. The van der Waals surface area contributed by atoms with Crippen molar-refractivity contribution in [3.63, 3.8) is 0 Å². The average Bonchev–Trinajstić information content (AvgIpc) is 2.55. The Morgan fingerprint density at radius 1 is 1.00 bits per heavy atom. The standard InChI is InChI=1S/C15H13ClN6O2S/c16-10-3-1-5-12(7-10)22-25(23,24)13-6-2-4-11(8-13)20-15-19-9-18-14(17)21-15/h1-9,22H,(H3,17,18,19,20,21). The molecule has 0 aliphatic rings. The number of rotatable bonds is 5. The van der Waals surface area contributed by atoms with Gasteiger partial charge in [-0.15, -0.1) is 0 Å². The molecule has 10 heteroatoms. The number of hydrogen-bond acceptors (Lipinski definition) is 7. The van der Waals surface area contributed by atoms with Crippen LogP contribution in [0.2, 0.25) is 5.02 Å². The van der Waals surface area contributed by atoms with Gasteiger partial charge in [-0.25, -0.2) is 18.4 Å². The van der Waals surface area contributed by atoms with Crippen LogP contribution < -0.4 is 15.8 Å². The SMILES string of the molecule is Nc1ncnc(Nc2cccc(S(=O)(=O)Nc3cccc(Cl)c3)c2)n1. The van der Waals surface area contributed by atoms with Crippen LogP contribution in [0, 0.1) is 0 Å². The van der Waals surface area contributed by atoms with Gasteiger partial charge >= 0.3 is 0 Å². The summed E-state index contributed by atoms with van der Waals surface area (Å²) < 4.78 is 27.5. The van der Waals surface area contributed by atoms with Gasteiger partial charge in [0.05, 0.1) is 10.6 Å². The van der Waals surface area contributed by atoms with Crippen LogP contribution in [-0.4, -0.2) is 23.4 Å². The van der Waals surface area contributed by atoms with Gasteiger partial charge in [-0.1, -0.05) is 23.7 Å². The van der Waals surface area contributed by atoms with Gasteiger partial charge in [0.15, 0.2) is 0 Å². The number of halogens is 1. The van der Waals surface area contributed by atoms with E-state index in [0.717, 1.165) is 0 Å². The van der Waals surface area contributed by atoms with E-state index in [9.17, 15) is 8.42 Å². The van der Waals surface area contributed by atoms with Crippen LogP contribution >= 0.6 is 11.6 Å². The van der Waals surface area contributed by atoms with Crippen LogP contribution in [0.1, 0.15) is 0 Å². The number of nitrogens with zero attached hydrogens (tertiary/aromatic N) is 3. The monoisotopic (exact) mass is 376 g/mol. The van der Waals surface area contributed by atoms with E-state index in [4.69, 9.17) is 17.3 Å². The van der Waals surface area contributed by atoms with Crippen LogP contribution in [0.5, 0.6) is 0 Å². The zero-order chi connectivity index (χ0) is 17.9. The maximum atomic E-state index is 12.5. The molecule has 0 atom stereocenters. The summed E-state index contributed by atoms with van der Waals surface area (Å²) in [6, 6.07) is 12.6. The molecule has 0 saturated heterocycles. The number of nitrogens with one attached hydrogen (secondary N) is 2. The first-order valence-corrected chi connectivity index (χ1v) is 8.88. The van der Waals surface area contributed by atoms with Crippen LogP contribution in [0.15, 0.2) is 59.8 Å². The van der Waals surface area contributed by atoms with Crippen LogP contribution in [0.3, 0.4) is 0 Å². The van der Waals surface area contributed by atoms with Gasteiger partial charge in [-0.2, -0.15) is 4.98 Å². The van der Waals surface area contributed by atoms with Gasteiger partial charge in [-0.3, -0.25) is 4.72 Å². The van der Waals surface area contributed by atoms with Crippen molar-refractivity contribution in [2.45, 2.75) is 4.90 Å². The summed E-state index contributed by atoms with van der Waals surface area (Å²) >= 11 is 5.87. The first kappa shape index (κ1) is 16.9. The average molecular weight is 377 g/mol. The number of nitrogen functional groups attached to an aromatic ring is 1. The lowest BCUT2D eigenvalue weighted by Gasteiger charge is -2.10. The third-order valence-electron chi connectivity index (χ3n) is 3.07. The zero-order valence-corrected chi connectivity index (χ0v) is 14.3. The molecule has 1 aromatic heterocycles. The molecule has 3 rings (SSSR count). The van der Waals surface area contributed by atoms with Crippen molar-refractivity contribution in [3.8, 4) is 0 Å². The maximum Gasteiger partial charge on any atom is 0.261 e. The molecule has 0 saturated carbocycles. The van der Waals surface area contributed by atoms with Crippen molar-refractivity contribution in [2.24, 2.45) is 0 Å². The molecular weight excluding hydrogens is 364 g/mol. The van der Waals surface area contributed by atoms with E-state index in [1.54, 1.807) is 30.3 Å². The predicted octanol–water partition coefficient (Wildman–Crippen LogP) is 2.65. The highest BCUT2D eigenvalue weighted by Gasteiger charge is 2.15. The molecule has 4 N–H and O–H groups in total. The first-order valence-electron chi connectivity index (χ1n) is 7.02. The summed E-state index contributed by atoms with van der Waals surface area (Å²) in [6.45, 7) is 0. The number of sulfonamides is 1. The van der Waals surface area contributed by atoms with Crippen molar-refractivity contribution >= 4 is 44.9 Å². The van der Waals surface area contributed by atoms with E-state index in [0.29, 0.717) is 16.4 Å². The molecular formula is C15H13ClN6O2S. The van der Waals surface area contributed by atoms with Crippen LogP contribution in [-0.2, 0) is 10.0 Å². The Labute approximate surface area is 149 Å². The molecule has 3 aromatic rings. The van der Waals surface area contributed by atoms with E-state index >= 15 is 0 Å². The van der Waals surface area contributed by atoms with Gasteiger partial charge in [0.2, 0.25) is 11.9 Å². The van der Waals surface area contributed by atoms with Crippen molar-refractivity contribution < 1.29 is 8.42 Å². The van der Waals surface area contributed by atoms with Gasteiger partial charge in [0.1, 0.15) is 6.33 Å². The van der Waals surface area contributed by atoms with E-state index in [2.05, 4.69) is 25.0 Å². The molecule has 2 aromatic carbocycles. The maximum absolute atomic E-state index is 12.5. The second-order valence-corrected chi connectivity index (χ2v) is 7.05. The molecule has 0 aliphatic heterocycles. The smallest absolute Gasteiger partial charge is 0.261 e. The van der Waals surface area contributed by atoms with Gasteiger partial charge in [-0.05, 0) is 36.4 Å². The minimum absolute atomic E-state index is 0.0592. The molecule has 0 aliphatic carbocycles. The van der Waals surface area contributed by atoms with E-state index in [1.165, 1.54) is 24.5 Å². The van der Waals surface area contributed by atoms with Crippen molar-refractivity contribution in [1.82, 2.24) is 15.0 Å². The summed E-state index contributed by atoms with van der Waals surface area (Å²) in [4.78, 5) is 11.6. The third-order valence-corrected chi connectivity index (χ3v) is 4.68. The molecule has 8 nitrogen and oxygen atoms in total. The van der Waals surface area contributed by atoms with E-state index in [-0.39, 0.29) is 16.8 Å². The zero-order valence-electron chi connectivity index (χ0n) is 12.7. The second kappa shape index (κ2) is 6.91. The number of nitrogens with two attached hydrogens (primary N) is 1. The molecule has 0 spiro atoms. The highest BCUT2D eigenvalue weighted by Crippen LogP contribution is 2.22. The minimum Gasteiger partial charge on any atom is -0.368 e. The Morgan fingerprint density at radius 3 is 2.52 bits per heavy atom. The predicted molar refractivity (Wildman–Crippen MR) is 96.2 cm³/mol. The fourth-order valence-electron chi connectivity index (χ4n) is 2.01. The van der Waals surface area contributed by atoms with Crippen molar-refractivity contribution in [2.75, 3.05) is 15.8 Å². The molecule has 0 radical (unpaired) electrons. The molecule has 25 heavy (non-hydrogen) atoms. The number of hydrogen-bond donors (Lipinski definition) is 3. The van der Waals surface area contributed by atoms with Gasteiger partial charge in [0.25, 0.3) is 10.0 Å². The lowest BCUT2D eigenvalue weighted by molar-refractivity contribution is 0.601. The Balaban J connectivity index is 1.85. The lowest BCUT2D eigenvalue weighted by atomic mass is 10.3. The van der Waals surface area contributed by atoms with Gasteiger partial charge < -0.3 is 11.1 Å². The van der Waals surface area contributed by atoms with E-state index < -0.39 is 10.0 Å². The topological polar surface area (TPSA) is 123 Å². The Hall–Kier alpha value is -2.91. The number of aromatic nitrogens is 3. The molecule has 0 amide bonds. The summed E-state index contributed by atoms with van der Waals surface area (Å²) in [5.74, 6) is 0.272. The number of anilines is 4. The number of benzene rings is 2. The highest BCUT2D eigenvalue weighted by atomic mass is 35.5. The van der Waals surface area contributed by atoms with Crippen LogP contribution in [0.25, 0.3) is 0 Å². The summed E-state index contributed by atoms with van der Waals surface area (Å²) in [7, 11) is -3.78. The Bertz CT molecular complexity index is 1010. The summed E-state index contributed by atoms with van der Waals surface area (Å²) in [5, 5.41) is 3.31. The van der Waals surface area contributed by atoms with E-state index in [1.807, 2.05) is 0 Å². The molecule has 0 unspecified atom stereocenters. The fourth-order valence-corrected chi connectivity index (χ4v) is 3.29. The molecule has 0 bridgehead atoms. The normalized spacial score (nSPS) is 11.1. The Kier molecular flexibility index (Phi) is 4.68. The summed E-state index contributed by atoms with van der Waals surface area (Å²) in [6.07, 6.45) is 1.26. The molecule has 0 fully saturated rings. The highest BCUT2D eigenvalue weighted by molar-refractivity contribution is 7.92.